The highest BCUT2D eigenvalue weighted by atomic mass is 16.5. The molecule has 0 radical (unpaired) electrons. The Bertz CT molecular complexity index is 1580. The molecular formula is C36H45N3O7. The van der Waals surface area contributed by atoms with Crippen LogP contribution in [-0.2, 0) is 24.1 Å². The van der Waals surface area contributed by atoms with Gasteiger partial charge >= 0.3 is 0 Å². The third-order valence-electron chi connectivity index (χ3n) is 9.73. The van der Waals surface area contributed by atoms with E-state index < -0.39 is 17.4 Å². The average Bonchev–Trinajstić information content (AvgIpc) is 3.72. The summed E-state index contributed by atoms with van der Waals surface area (Å²) in [5.41, 5.74) is 9.21. The molecule has 1 saturated carbocycles. The number of dihydropyridines is 1. The van der Waals surface area contributed by atoms with E-state index >= 15 is 0 Å². The summed E-state index contributed by atoms with van der Waals surface area (Å²) >= 11 is 0. The largest absolute Gasteiger partial charge is 0.504 e. The average molecular weight is 632 g/mol. The number of carbonyl (C=O) groups excluding carboxylic acids is 1. The molecule has 3 aromatic rings. The molecule has 246 valence electrons. The number of aliphatic hydroxyl groups excluding tert-OH is 1. The summed E-state index contributed by atoms with van der Waals surface area (Å²) in [5.74, 6) is -0.371. The highest BCUT2D eigenvalue weighted by molar-refractivity contribution is 5.83. The molecule has 1 aromatic heterocycles. The minimum atomic E-state index is -0.982. The molecule has 5 rings (SSSR count). The van der Waals surface area contributed by atoms with E-state index in [9.17, 15) is 25.2 Å². The minimum absolute atomic E-state index is 0.0380. The van der Waals surface area contributed by atoms with Crippen LogP contribution in [0, 0.1) is 17.3 Å². The summed E-state index contributed by atoms with van der Waals surface area (Å²) in [6, 6.07) is 12.2. The van der Waals surface area contributed by atoms with E-state index in [1.807, 2.05) is 18.3 Å². The molecule has 10 heteroatoms. The monoisotopic (exact) mass is 631 g/mol. The molecule has 2 aliphatic rings. The maximum Gasteiger partial charge on any atom is 0.200 e. The first-order valence-corrected chi connectivity index (χ1v) is 15.9. The molecule has 4 unspecified atom stereocenters. The van der Waals surface area contributed by atoms with Crippen LogP contribution in [0.2, 0.25) is 0 Å². The summed E-state index contributed by atoms with van der Waals surface area (Å²) in [7, 11) is 2.89. The van der Waals surface area contributed by atoms with Crippen molar-refractivity contribution in [3.63, 3.8) is 0 Å². The number of aryl methyl sites for hydroxylation is 2. The molecule has 4 atom stereocenters. The van der Waals surface area contributed by atoms with Crippen molar-refractivity contribution in [1.82, 2.24) is 10.3 Å². The SMILES string of the molecule is COc1cc(CCC(O)C(C(=O)CCc2cc(O)c(O)c(OC)c2)C2(C3=CCNC(N)=C3)CCCC2Cc2ccc[nH]2)ccc1O. The number of aromatic hydroxyl groups is 3. The van der Waals surface area contributed by atoms with Crippen molar-refractivity contribution in [2.75, 3.05) is 20.8 Å². The predicted octanol–water partition coefficient (Wildman–Crippen LogP) is 4.62. The van der Waals surface area contributed by atoms with Crippen molar-refractivity contribution in [1.29, 1.82) is 0 Å². The third kappa shape index (κ3) is 6.82. The molecule has 8 N–H and O–H groups in total. The van der Waals surface area contributed by atoms with E-state index in [-0.39, 0.29) is 47.5 Å². The van der Waals surface area contributed by atoms with Gasteiger partial charge in [-0.2, -0.15) is 0 Å². The fraction of sp³-hybridized carbons (Fsp3) is 0.417. The summed E-state index contributed by atoms with van der Waals surface area (Å²) in [6.45, 7) is 0.533. The van der Waals surface area contributed by atoms with Crippen LogP contribution in [0.15, 0.2) is 72.2 Å². The molecule has 0 spiro atoms. The second-order valence-corrected chi connectivity index (χ2v) is 12.4. The Kier molecular flexibility index (Phi) is 10.2. The number of ether oxygens (including phenoxy) is 2. The van der Waals surface area contributed by atoms with Crippen LogP contribution in [-0.4, -0.2) is 58.1 Å². The van der Waals surface area contributed by atoms with Crippen LogP contribution >= 0.6 is 0 Å². The number of methoxy groups -OCH3 is 2. The Morgan fingerprint density at radius 3 is 2.54 bits per heavy atom. The molecule has 0 bridgehead atoms. The van der Waals surface area contributed by atoms with Crippen molar-refractivity contribution in [2.24, 2.45) is 23.0 Å². The number of Topliss-reactive ketones (excluding diaryl/α,β-unsaturated/α-hetero) is 1. The van der Waals surface area contributed by atoms with E-state index in [0.29, 0.717) is 36.5 Å². The summed E-state index contributed by atoms with van der Waals surface area (Å²) in [6.07, 6.45) is 9.39. The lowest BCUT2D eigenvalue weighted by Gasteiger charge is -2.46. The Morgan fingerprint density at radius 1 is 1.04 bits per heavy atom. The number of hydrogen-bond acceptors (Lipinski definition) is 9. The zero-order chi connectivity index (χ0) is 32.8. The fourth-order valence-electron chi connectivity index (χ4n) is 7.57. The molecule has 1 aliphatic carbocycles. The number of allylic oxidation sites excluding steroid dienone is 2. The van der Waals surface area contributed by atoms with E-state index in [4.69, 9.17) is 15.2 Å². The second kappa shape index (κ2) is 14.2. The standard InChI is InChI=1S/C36H45N3O7/c1-45-31-18-22(7-10-27(31)40)8-11-28(41)34(29(42)12-9-23-17-30(43)35(44)32(19-23)46-2)36(25-13-16-39-33(37)21-25)14-3-5-24(36)20-26-6-4-15-38-26/h4,6-7,10,13,15,17-19,21,24,28,34,38-41,43-44H,3,5,8-9,11-12,14,16,20,37H2,1-2H3. The smallest absolute Gasteiger partial charge is 0.200 e. The third-order valence-corrected chi connectivity index (χ3v) is 9.73. The summed E-state index contributed by atoms with van der Waals surface area (Å²) in [4.78, 5) is 18.0. The summed E-state index contributed by atoms with van der Waals surface area (Å²) in [5, 5.41) is 45.8. The molecule has 1 aliphatic heterocycles. The zero-order valence-corrected chi connectivity index (χ0v) is 26.5. The molecular weight excluding hydrogens is 586 g/mol. The van der Waals surface area contributed by atoms with Gasteiger partial charge in [-0.1, -0.05) is 18.6 Å². The number of H-pyrrole nitrogens is 1. The molecule has 46 heavy (non-hydrogen) atoms. The number of phenols is 3. The van der Waals surface area contributed by atoms with E-state index in [1.165, 1.54) is 20.3 Å². The van der Waals surface area contributed by atoms with Crippen molar-refractivity contribution in [3.8, 4) is 28.7 Å². The Balaban J connectivity index is 1.52. The van der Waals surface area contributed by atoms with Gasteiger partial charge in [-0.15, -0.1) is 0 Å². The Labute approximate surface area is 269 Å². The number of phenolic OH excluding ortho intramolecular Hbond substituents is 3. The molecule has 10 nitrogen and oxygen atoms in total. The highest BCUT2D eigenvalue weighted by Crippen LogP contribution is 2.57. The van der Waals surface area contributed by atoms with Gasteiger partial charge in [0, 0.05) is 30.3 Å². The van der Waals surface area contributed by atoms with Crippen molar-refractivity contribution < 1.29 is 34.7 Å². The molecule has 0 amide bonds. The quantitative estimate of drug-likeness (QED) is 0.126. The lowest BCUT2D eigenvalue weighted by molar-refractivity contribution is -0.133. The van der Waals surface area contributed by atoms with Crippen molar-refractivity contribution in [3.05, 3.63) is 89.0 Å². The van der Waals surface area contributed by atoms with Crippen LogP contribution in [0.25, 0.3) is 0 Å². The van der Waals surface area contributed by atoms with Gasteiger partial charge in [0.25, 0.3) is 0 Å². The number of rotatable bonds is 14. The number of ketones is 1. The minimum Gasteiger partial charge on any atom is -0.504 e. The topological polar surface area (TPSA) is 170 Å². The van der Waals surface area contributed by atoms with Crippen LogP contribution < -0.4 is 20.5 Å². The molecule has 1 fully saturated rings. The first-order chi connectivity index (χ1) is 22.2. The van der Waals surface area contributed by atoms with Gasteiger partial charge in [0.2, 0.25) is 5.75 Å². The van der Waals surface area contributed by atoms with E-state index in [1.54, 1.807) is 24.3 Å². The number of carbonyl (C=O) groups is 1. The van der Waals surface area contributed by atoms with Gasteiger partial charge in [-0.3, -0.25) is 4.79 Å². The predicted molar refractivity (Wildman–Crippen MR) is 175 cm³/mol. The second-order valence-electron chi connectivity index (χ2n) is 12.4. The van der Waals surface area contributed by atoms with Crippen LogP contribution in [0.3, 0.4) is 0 Å². The maximum absolute atomic E-state index is 14.6. The van der Waals surface area contributed by atoms with Crippen molar-refractivity contribution >= 4 is 5.78 Å². The van der Waals surface area contributed by atoms with Crippen molar-refractivity contribution in [2.45, 2.75) is 57.5 Å². The maximum atomic E-state index is 14.6. The van der Waals surface area contributed by atoms with E-state index in [2.05, 4.69) is 22.4 Å². The Morgan fingerprint density at radius 2 is 1.83 bits per heavy atom. The first-order valence-electron chi connectivity index (χ1n) is 15.9. The number of nitrogens with two attached hydrogens (primary N) is 1. The van der Waals surface area contributed by atoms with Gasteiger partial charge in [-0.25, -0.2) is 0 Å². The number of benzene rings is 2. The first kappa shape index (κ1) is 32.8. The van der Waals surface area contributed by atoms with Gasteiger partial charge in [-0.05, 0) is 104 Å². The molecule has 2 heterocycles. The number of aromatic amines is 1. The molecule has 0 saturated heterocycles. The lowest BCUT2D eigenvalue weighted by Crippen LogP contribution is -2.48. The lowest BCUT2D eigenvalue weighted by atomic mass is 9.58. The van der Waals surface area contributed by atoms with Gasteiger partial charge in [0.05, 0.1) is 32.1 Å². The summed E-state index contributed by atoms with van der Waals surface area (Å²) < 4.78 is 10.5. The van der Waals surface area contributed by atoms with Gasteiger partial charge in [0.15, 0.2) is 23.0 Å². The number of aliphatic hydroxyl groups is 1. The fourth-order valence-corrected chi connectivity index (χ4v) is 7.57. The number of aromatic nitrogens is 1. The van der Waals surface area contributed by atoms with Crippen LogP contribution in [0.4, 0.5) is 0 Å². The van der Waals surface area contributed by atoms with Gasteiger partial charge in [0.1, 0.15) is 5.78 Å². The highest BCUT2D eigenvalue weighted by Gasteiger charge is 2.54. The normalized spacial score (nSPS) is 20.7. The Hall–Kier alpha value is -4.57. The number of hydrogen-bond donors (Lipinski definition) is 7. The van der Waals surface area contributed by atoms with Gasteiger partial charge < -0.3 is 45.9 Å². The van der Waals surface area contributed by atoms with Crippen LogP contribution in [0.5, 0.6) is 28.7 Å². The zero-order valence-electron chi connectivity index (χ0n) is 26.5. The number of nitrogens with one attached hydrogen (secondary N) is 2. The molecule has 2 aromatic carbocycles. The van der Waals surface area contributed by atoms with E-state index in [0.717, 1.165) is 42.5 Å². The van der Waals surface area contributed by atoms with Crippen LogP contribution in [0.1, 0.15) is 48.9 Å².